The summed E-state index contributed by atoms with van der Waals surface area (Å²) < 4.78 is 16.1. The van der Waals surface area contributed by atoms with Crippen LogP contribution in [0.3, 0.4) is 0 Å². The Hall–Kier alpha value is -4.08. The van der Waals surface area contributed by atoms with Crippen molar-refractivity contribution in [3.8, 4) is 17.2 Å². The Balaban J connectivity index is 2.01. The van der Waals surface area contributed by atoms with Gasteiger partial charge in [-0.2, -0.15) is 0 Å². The molecule has 9 heteroatoms. The fourth-order valence-corrected chi connectivity index (χ4v) is 3.74. The number of hydrazine groups is 1. The van der Waals surface area contributed by atoms with Crippen molar-refractivity contribution in [1.29, 1.82) is 0 Å². The molecule has 0 fully saturated rings. The van der Waals surface area contributed by atoms with Crippen molar-refractivity contribution < 1.29 is 23.8 Å². The maximum atomic E-state index is 13.3. The van der Waals surface area contributed by atoms with Gasteiger partial charge in [0.05, 0.1) is 33.9 Å². The highest BCUT2D eigenvalue weighted by atomic mass is 16.5. The van der Waals surface area contributed by atoms with Crippen LogP contribution >= 0.6 is 0 Å². The zero-order chi connectivity index (χ0) is 25.4. The summed E-state index contributed by atoms with van der Waals surface area (Å²) in [4.78, 5) is 25.2. The van der Waals surface area contributed by atoms with Crippen LogP contribution in [0.5, 0.6) is 17.2 Å². The van der Waals surface area contributed by atoms with Crippen LogP contribution in [0, 0.1) is 6.92 Å². The molecule has 0 bridgehead atoms. The van der Waals surface area contributed by atoms with Crippen LogP contribution in [0.4, 0.5) is 5.69 Å². The minimum Gasteiger partial charge on any atom is -0.493 e. The summed E-state index contributed by atoms with van der Waals surface area (Å²) in [5.41, 5.74) is 5.76. The summed E-state index contributed by atoms with van der Waals surface area (Å²) in [6, 6.07) is 18.1. The summed E-state index contributed by atoms with van der Waals surface area (Å²) in [6.07, 6.45) is 0. The molecule has 0 aliphatic rings. The monoisotopic (exact) mass is 478 g/mol. The number of methoxy groups -OCH3 is 3. The molecule has 3 aromatic carbocycles. The van der Waals surface area contributed by atoms with Crippen molar-refractivity contribution in [1.82, 2.24) is 10.7 Å². The fraction of sp³-hybridized carbons (Fsp3) is 0.231. The Kier molecular flexibility index (Phi) is 8.66. The third-order valence-corrected chi connectivity index (χ3v) is 5.45. The average molecular weight is 479 g/mol. The van der Waals surface area contributed by atoms with E-state index in [2.05, 4.69) is 16.1 Å². The predicted molar refractivity (Wildman–Crippen MR) is 134 cm³/mol. The molecule has 0 aliphatic carbocycles. The Morgan fingerprint density at radius 1 is 0.914 bits per heavy atom. The second kappa shape index (κ2) is 11.9. The molecule has 184 valence electrons. The highest BCUT2D eigenvalue weighted by molar-refractivity contribution is 6.05. The molecule has 0 heterocycles. The molecule has 1 atom stereocenters. The van der Waals surface area contributed by atoms with Crippen molar-refractivity contribution in [2.75, 3.05) is 33.2 Å². The van der Waals surface area contributed by atoms with Crippen LogP contribution in [0.1, 0.15) is 33.1 Å². The number of aryl methyl sites for hydroxylation is 1. The van der Waals surface area contributed by atoms with Gasteiger partial charge in [0.15, 0.2) is 11.5 Å². The lowest BCUT2D eigenvalue weighted by atomic mass is 9.95. The van der Waals surface area contributed by atoms with Gasteiger partial charge in [-0.3, -0.25) is 20.3 Å². The Labute approximate surface area is 204 Å². The lowest BCUT2D eigenvalue weighted by Crippen LogP contribution is -2.39. The molecule has 3 rings (SSSR count). The molecule has 0 aliphatic heterocycles. The van der Waals surface area contributed by atoms with Crippen molar-refractivity contribution in [3.63, 3.8) is 0 Å². The normalized spacial score (nSPS) is 11.3. The third kappa shape index (κ3) is 6.08. The minimum atomic E-state index is -0.386. The number of amides is 2. The van der Waals surface area contributed by atoms with E-state index in [4.69, 9.17) is 20.1 Å². The van der Waals surface area contributed by atoms with E-state index in [1.165, 1.54) is 21.3 Å². The lowest BCUT2D eigenvalue weighted by Gasteiger charge is -2.23. The van der Waals surface area contributed by atoms with E-state index in [0.717, 1.165) is 16.7 Å². The maximum Gasteiger partial charge on any atom is 0.255 e. The quantitative estimate of drug-likeness (QED) is 0.201. The fourth-order valence-electron chi connectivity index (χ4n) is 3.74. The summed E-state index contributed by atoms with van der Waals surface area (Å²) in [6.45, 7) is 1.95. The SMILES string of the molecule is COc1cc(C(=O)Nc2ccc(C)cc2[C@H](NCC(=O)NN)c2ccccc2)cc(OC)c1OC. The molecule has 0 saturated heterocycles. The van der Waals surface area contributed by atoms with Crippen molar-refractivity contribution in [3.05, 3.63) is 82.9 Å². The number of anilines is 1. The van der Waals surface area contributed by atoms with Crippen LogP contribution in [-0.4, -0.2) is 39.7 Å². The van der Waals surface area contributed by atoms with Crippen molar-refractivity contribution >= 4 is 17.5 Å². The first kappa shape index (κ1) is 25.5. The van der Waals surface area contributed by atoms with Gasteiger partial charge in [-0.15, -0.1) is 0 Å². The van der Waals surface area contributed by atoms with E-state index < -0.39 is 0 Å². The van der Waals surface area contributed by atoms with Gasteiger partial charge < -0.3 is 19.5 Å². The van der Waals surface area contributed by atoms with Gasteiger partial charge in [-0.25, -0.2) is 5.84 Å². The molecular weight excluding hydrogens is 448 g/mol. The lowest BCUT2D eigenvalue weighted by molar-refractivity contribution is -0.120. The molecule has 9 nitrogen and oxygen atoms in total. The van der Waals surface area contributed by atoms with Crippen LogP contribution < -0.4 is 36.1 Å². The summed E-state index contributed by atoms with van der Waals surface area (Å²) >= 11 is 0. The van der Waals surface area contributed by atoms with Gasteiger partial charge in [0.25, 0.3) is 5.91 Å². The predicted octanol–water partition coefficient (Wildman–Crippen LogP) is 2.94. The molecule has 0 saturated carbocycles. The molecule has 3 aromatic rings. The standard InChI is InChI=1S/C26H30N4O5/c1-16-10-11-20(29-26(32)18-13-21(33-2)25(35-4)22(14-18)34-3)19(12-16)24(28-15-23(31)30-27)17-8-6-5-7-9-17/h5-14,24,28H,15,27H2,1-4H3,(H,29,32)(H,30,31)/t24-/m1/s1. The van der Waals surface area contributed by atoms with Crippen LogP contribution in [0.15, 0.2) is 60.7 Å². The third-order valence-electron chi connectivity index (χ3n) is 5.45. The van der Waals surface area contributed by atoms with Gasteiger partial charge in [0.1, 0.15) is 0 Å². The summed E-state index contributed by atoms with van der Waals surface area (Å²) in [5.74, 6) is 5.69. The second-order valence-electron chi connectivity index (χ2n) is 7.75. The van der Waals surface area contributed by atoms with E-state index in [0.29, 0.717) is 28.5 Å². The van der Waals surface area contributed by atoms with Crippen molar-refractivity contribution in [2.24, 2.45) is 5.84 Å². The first-order valence-electron chi connectivity index (χ1n) is 10.9. The van der Waals surface area contributed by atoms with Crippen molar-refractivity contribution in [2.45, 2.75) is 13.0 Å². The topological polar surface area (TPSA) is 124 Å². The Morgan fingerprint density at radius 2 is 1.57 bits per heavy atom. The number of nitrogens with two attached hydrogens (primary N) is 1. The van der Waals surface area contributed by atoms with Gasteiger partial charge in [0, 0.05) is 11.3 Å². The zero-order valence-corrected chi connectivity index (χ0v) is 20.2. The second-order valence-corrected chi connectivity index (χ2v) is 7.75. The van der Waals surface area contributed by atoms with Crippen LogP contribution in [-0.2, 0) is 4.79 Å². The molecular formula is C26H30N4O5. The highest BCUT2D eigenvalue weighted by Crippen LogP contribution is 2.38. The number of benzene rings is 3. The highest BCUT2D eigenvalue weighted by Gasteiger charge is 2.22. The molecule has 5 N–H and O–H groups in total. The van der Waals surface area contributed by atoms with Gasteiger partial charge >= 0.3 is 0 Å². The van der Waals surface area contributed by atoms with Crippen LogP contribution in [0.2, 0.25) is 0 Å². The number of hydrogen-bond acceptors (Lipinski definition) is 7. The van der Waals surface area contributed by atoms with Gasteiger partial charge in [-0.1, -0.05) is 48.0 Å². The van der Waals surface area contributed by atoms with E-state index in [1.54, 1.807) is 12.1 Å². The number of ether oxygens (including phenoxy) is 3. The average Bonchev–Trinajstić information content (AvgIpc) is 2.89. The van der Waals surface area contributed by atoms with E-state index in [-0.39, 0.29) is 24.4 Å². The number of hydrogen-bond donors (Lipinski definition) is 4. The molecule has 0 unspecified atom stereocenters. The van der Waals surface area contributed by atoms with E-state index in [9.17, 15) is 9.59 Å². The van der Waals surface area contributed by atoms with E-state index >= 15 is 0 Å². The molecule has 35 heavy (non-hydrogen) atoms. The Bertz CT molecular complexity index is 1160. The maximum absolute atomic E-state index is 13.3. The largest absolute Gasteiger partial charge is 0.493 e. The number of carbonyl (C=O) groups excluding carboxylic acids is 2. The minimum absolute atomic E-state index is 0.00966. The Morgan fingerprint density at radius 3 is 2.14 bits per heavy atom. The number of nitrogens with one attached hydrogen (secondary N) is 3. The van der Waals surface area contributed by atoms with E-state index in [1.807, 2.05) is 55.5 Å². The molecule has 2 amide bonds. The molecule has 0 spiro atoms. The first-order chi connectivity index (χ1) is 16.9. The first-order valence-corrected chi connectivity index (χ1v) is 10.9. The molecule has 0 aromatic heterocycles. The summed E-state index contributed by atoms with van der Waals surface area (Å²) in [7, 11) is 4.48. The number of carbonyl (C=O) groups is 2. The molecule has 0 radical (unpaired) electrons. The van der Waals surface area contributed by atoms with Gasteiger partial charge in [-0.05, 0) is 36.2 Å². The van der Waals surface area contributed by atoms with Gasteiger partial charge in [0.2, 0.25) is 11.7 Å². The number of rotatable bonds is 10. The zero-order valence-electron chi connectivity index (χ0n) is 20.2. The smallest absolute Gasteiger partial charge is 0.255 e. The summed E-state index contributed by atoms with van der Waals surface area (Å²) in [5, 5.41) is 6.23. The van der Waals surface area contributed by atoms with Crippen LogP contribution in [0.25, 0.3) is 0 Å².